The number of halogens is 1. The Labute approximate surface area is 379 Å². The molecule has 62 heavy (non-hydrogen) atoms. The fourth-order valence-corrected chi connectivity index (χ4v) is 8.45. The number of esters is 1. The van der Waals surface area contributed by atoms with E-state index in [-0.39, 0.29) is 37.4 Å². The van der Waals surface area contributed by atoms with E-state index in [1.807, 2.05) is 142 Å². The van der Waals surface area contributed by atoms with Gasteiger partial charge in [-0.2, -0.15) is 0 Å². The van der Waals surface area contributed by atoms with E-state index in [0.717, 1.165) is 22.3 Å². The average Bonchev–Trinajstić information content (AvgIpc) is 3.23. The van der Waals surface area contributed by atoms with Crippen molar-refractivity contribution in [1.82, 2.24) is 16.0 Å². The molecule has 4 aromatic carbocycles. The SMILES string of the molecule is CC(C)(C)CC(=O)[C@H](COC(=O)CCCC#CBr)NC(=O)[C@H](Cc1ccccc1)NC(=O)[C@H](CSC(c1ccccc1)(c1ccccc1)c1ccccc1)NC(=O)OC(C)(C)C. The second-order valence-corrected chi connectivity index (χ2v) is 18.7. The van der Waals surface area contributed by atoms with E-state index in [4.69, 9.17) is 9.47 Å². The van der Waals surface area contributed by atoms with Crippen LogP contribution in [0.4, 0.5) is 4.79 Å². The number of hydrogen-bond donors (Lipinski definition) is 3. The van der Waals surface area contributed by atoms with Crippen molar-refractivity contribution in [2.75, 3.05) is 12.4 Å². The van der Waals surface area contributed by atoms with Crippen molar-refractivity contribution in [1.29, 1.82) is 0 Å². The van der Waals surface area contributed by atoms with E-state index in [1.165, 1.54) is 11.8 Å². The molecule has 0 unspecified atom stereocenters. The maximum absolute atomic E-state index is 14.7. The lowest BCUT2D eigenvalue weighted by Crippen LogP contribution is -2.58. The first-order valence-electron chi connectivity index (χ1n) is 20.7. The van der Waals surface area contributed by atoms with E-state index in [9.17, 15) is 24.0 Å². The molecule has 0 radical (unpaired) electrons. The van der Waals surface area contributed by atoms with Crippen molar-refractivity contribution in [3.63, 3.8) is 0 Å². The van der Waals surface area contributed by atoms with Gasteiger partial charge in [0.15, 0.2) is 5.78 Å². The monoisotopic (exact) mass is 923 g/mol. The first-order chi connectivity index (χ1) is 29.5. The fourth-order valence-electron chi connectivity index (χ4n) is 6.69. The van der Waals surface area contributed by atoms with Crippen molar-refractivity contribution >= 4 is 57.4 Å². The topological polar surface area (TPSA) is 140 Å². The van der Waals surface area contributed by atoms with Gasteiger partial charge in [-0.3, -0.25) is 19.2 Å². The summed E-state index contributed by atoms with van der Waals surface area (Å²) in [6, 6.07) is 35.4. The van der Waals surface area contributed by atoms with Crippen LogP contribution in [0.15, 0.2) is 121 Å². The normalized spacial score (nSPS) is 13.0. The lowest BCUT2D eigenvalue weighted by atomic mass is 9.84. The van der Waals surface area contributed by atoms with Gasteiger partial charge in [-0.25, -0.2) is 4.79 Å². The summed E-state index contributed by atoms with van der Waals surface area (Å²) in [6.07, 6.45) is 0.389. The Balaban J connectivity index is 1.71. The van der Waals surface area contributed by atoms with Crippen molar-refractivity contribution in [3.8, 4) is 10.8 Å². The fraction of sp³-hybridized carbons (Fsp3) is 0.380. The highest BCUT2D eigenvalue weighted by Gasteiger charge is 2.40. The van der Waals surface area contributed by atoms with Gasteiger partial charge in [0.2, 0.25) is 11.8 Å². The second kappa shape index (κ2) is 23.7. The van der Waals surface area contributed by atoms with Crippen molar-refractivity contribution in [3.05, 3.63) is 144 Å². The predicted octanol–water partition coefficient (Wildman–Crippen LogP) is 8.89. The van der Waals surface area contributed by atoms with Gasteiger partial charge in [0.1, 0.15) is 30.3 Å². The van der Waals surface area contributed by atoms with Crippen LogP contribution in [-0.4, -0.2) is 65.7 Å². The number of carbonyl (C=O) groups is 5. The minimum Gasteiger partial charge on any atom is -0.463 e. The summed E-state index contributed by atoms with van der Waals surface area (Å²) >= 11 is 4.51. The molecule has 10 nitrogen and oxygen atoms in total. The molecule has 12 heteroatoms. The molecule has 0 aliphatic carbocycles. The smallest absolute Gasteiger partial charge is 0.408 e. The van der Waals surface area contributed by atoms with Crippen LogP contribution < -0.4 is 16.0 Å². The summed E-state index contributed by atoms with van der Waals surface area (Å²) in [5.74, 6) is 0.735. The van der Waals surface area contributed by atoms with Crippen molar-refractivity contribution in [2.24, 2.45) is 5.41 Å². The zero-order valence-corrected chi connectivity index (χ0v) is 38.8. The number of unbranched alkanes of at least 4 members (excludes halogenated alkanes) is 1. The molecule has 4 rings (SSSR count). The van der Waals surface area contributed by atoms with Gasteiger partial charge >= 0.3 is 12.1 Å². The van der Waals surface area contributed by atoms with Crippen molar-refractivity contribution < 1.29 is 33.4 Å². The van der Waals surface area contributed by atoms with Gasteiger partial charge < -0.3 is 25.4 Å². The molecule has 0 saturated carbocycles. The first-order valence-corrected chi connectivity index (χ1v) is 22.5. The number of amides is 3. The number of Topliss-reactive ketones (excluding diaryl/α,β-unsaturated/α-hetero) is 1. The van der Waals surface area contributed by atoms with Crippen LogP contribution in [0.2, 0.25) is 0 Å². The maximum atomic E-state index is 14.7. The Hall–Kier alpha value is -5.38. The summed E-state index contributed by atoms with van der Waals surface area (Å²) in [4.78, 5) is 71.6. The highest BCUT2D eigenvalue weighted by Crippen LogP contribution is 2.48. The molecule has 328 valence electrons. The number of carbonyl (C=O) groups excluding carboxylic acids is 5. The van der Waals surface area contributed by atoms with E-state index >= 15 is 0 Å². The Kier molecular flexibility index (Phi) is 18.9. The van der Waals surface area contributed by atoms with E-state index in [0.29, 0.717) is 12.8 Å². The Morgan fingerprint density at radius 1 is 0.661 bits per heavy atom. The zero-order chi connectivity index (χ0) is 45.2. The van der Waals surface area contributed by atoms with Gasteiger partial charge in [-0.15, -0.1) is 11.8 Å². The van der Waals surface area contributed by atoms with Crippen LogP contribution in [0.25, 0.3) is 0 Å². The second-order valence-electron chi connectivity index (χ2n) is 17.1. The minimum absolute atomic E-state index is 0.0489. The van der Waals surface area contributed by atoms with Crippen LogP contribution in [0.1, 0.15) is 89.5 Å². The first kappa shape index (κ1) is 49.3. The van der Waals surface area contributed by atoms with E-state index < -0.39 is 57.8 Å². The molecule has 0 bridgehead atoms. The summed E-state index contributed by atoms with van der Waals surface area (Å²) in [6.45, 7) is 10.5. The molecule has 0 spiro atoms. The highest BCUT2D eigenvalue weighted by atomic mass is 79.9. The van der Waals surface area contributed by atoms with Gasteiger partial charge in [-0.05, 0) is 59.7 Å². The predicted molar refractivity (Wildman–Crippen MR) is 249 cm³/mol. The molecule has 0 fully saturated rings. The third-order valence-electron chi connectivity index (χ3n) is 9.50. The standard InChI is InChI=1S/C50H58BrN3O7S/c1-48(2,3)33-43(55)41(34-60-44(56)30-20-11-21-31-51)53-45(57)40(32-36-22-12-7-13-23-36)52-46(58)42(54-47(59)61-49(4,5)6)35-62-50(37-24-14-8-15-25-37,38-26-16-9-17-27-38)39-28-18-10-19-29-39/h7-10,12-19,22-29,40-42H,11,20,30,32-35H2,1-6H3,(H,52,58)(H,53,57)(H,54,59)/t40-,41-,42-/m0/s1. The van der Waals surface area contributed by atoms with Crippen LogP contribution >= 0.6 is 27.7 Å². The molecule has 0 heterocycles. The third kappa shape index (κ3) is 15.8. The largest absolute Gasteiger partial charge is 0.463 e. The van der Waals surface area contributed by atoms with Gasteiger partial charge in [0, 0.05) is 47.4 Å². The van der Waals surface area contributed by atoms with Crippen LogP contribution in [0.3, 0.4) is 0 Å². The number of thioether (sulfide) groups is 1. The molecule has 4 aromatic rings. The number of rotatable bonds is 20. The molecule has 3 N–H and O–H groups in total. The van der Waals surface area contributed by atoms with Crippen LogP contribution in [-0.2, 0) is 39.8 Å². The number of benzene rings is 4. The summed E-state index contributed by atoms with van der Waals surface area (Å²) in [7, 11) is 0. The molecule has 0 aromatic heterocycles. The lowest BCUT2D eigenvalue weighted by Gasteiger charge is -2.36. The summed E-state index contributed by atoms with van der Waals surface area (Å²) < 4.78 is 10.3. The Morgan fingerprint density at radius 3 is 1.63 bits per heavy atom. The molecular formula is C50H58BrN3O7S. The molecule has 0 aliphatic heterocycles. The molecule has 3 amide bonds. The number of ether oxygens (including phenoxy) is 2. The number of ketones is 1. The highest BCUT2D eigenvalue weighted by molar-refractivity contribution is 9.12. The van der Waals surface area contributed by atoms with Crippen molar-refractivity contribution in [2.45, 2.75) is 102 Å². The molecule has 0 saturated heterocycles. The van der Waals surface area contributed by atoms with Crippen LogP contribution in [0.5, 0.6) is 0 Å². The zero-order valence-electron chi connectivity index (χ0n) is 36.4. The lowest BCUT2D eigenvalue weighted by molar-refractivity contribution is -0.146. The maximum Gasteiger partial charge on any atom is 0.408 e. The Bertz CT molecular complexity index is 2030. The van der Waals surface area contributed by atoms with Gasteiger partial charge in [-0.1, -0.05) is 148 Å². The summed E-state index contributed by atoms with van der Waals surface area (Å²) in [5, 5.41) is 8.52. The van der Waals surface area contributed by atoms with Crippen LogP contribution in [0, 0.1) is 16.2 Å². The number of alkyl carbamates (subject to hydrolysis) is 1. The number of hydrogen-bond acceptors (Lipinski definition) is 8. The average molecular weight is 925 g/mol. The third-order valence-corrected chi connectivity index (χ3v) is 11.4. The summed E-state index contributed by atoms with van der Waals surface area (Å²) in [5.41, 5.74) is 2.32. The quantitative estimate of drug-likeness (QED) is 0.0346. The molecular weight excluding hydrogens is 867 g/mol. The molecule has 3 atom stereocenters. The molecule has 0 aliphatic rings. The Morgan fingerprint density at radius 2 is 1.15 bits per heavy atom. The van der Waals surface area contributed by atoms with Gasteiger partial charge in [0.05, 0.1) is 4.75 Å². The minimum atomic E-state index is -1.21. The van der Waals surface area contributed by atoms with E-state index in [1.54, 1.807) is 20.8 Å². The number of nitrogens with one attached hydrogen (secondary N) is 3. The van der Waals surface area contributed by atoms with Gasteiger partial charge in [0.25, 0.3) is 0 Å². The van der Waals surface area contributed by atoms with E-state index in [2.05, 4.69) is 42.6 Å².